The van der Waals surface area contributed by atoms with Crippen LogP contribution in [0.25, 0.3) is 11.2 Å². The number of nitrogens with two attached hydrogens (primary N) is 2. The highest BCUT2D eigenvalue weighted by Crippen LogP contribution is 2.54. The van der Waals surface area contributed by atoms with E-state index in [2.05, 4.69) is 30.2 Å². The van der Waals surface area contributed by atoms with Crippen molar-refractivity contribution >= 4 is 68.4 Å². The first-order valence-electron chi connectivity index (χ1n) is 12.8. The number of anilines is 2. The summed E-state index contributed by atoms with van der Waals surface area (Å²) in [5.74, 6) is -0.0846. The van der Waals surface area contributed by atoms with E-state index in [1.807, 2.05) is 0 Å². The summed E-state index contributed by atoms with van der Waals surface area (Å²) in [5.41, 5.74) is 12.5. The van der Waals surface area contributed by atoms with E-state index in [0.717, 1.165) is 0 Å². The van der Waals surface area contributed by atoms with Gasteiger partial charge in [0.05, 0.1) is 31.9 Å². The van der Waals surface area contributed by atoms with Crippen molar-refractivity contribution in [3.05, 3.63) is 24.7 Å². The van der Waals surface area contributed by atoms with Crippen LogP contribution in [0.2, 0.25) is 0 Å². The predicted molar refractivity (Wildman–Crippen MR) is 158 cm³/mol. The third-order valence-corrected chi connectivity index (χ3v) is 10.0. The van der Waals surface area contributed by atoms with Crippen LogP contribution in [0.4, 0.5) is 11.6 Å². The summed E-state index contributed by atoms with van der Waals surface area (Å²) in [6, 6.07) is 0. The lowest BCUT2D eigenvalue weighted by Crippen LogP contribution is -2.36. The summed E-state index contributed by atoms with van der Waals surface area (Å²) in [7, 11) is 4.49. The fourth-order valence-corrected chi connectivity index (χ4v) is 8.27. The summed E-state index contributed by atoms with van der Waals surface area (Å²) in [6.45, 7) is -3.98. The summed E-state index contributed by atoms with van der Waals surface area (Å²) >= 11 is 5.56. The van der Waals surface area contributed by atoms with Crippen LogP contribution >= 0.6 is 14.0 Å². The number of hydrogen-bond donors (Lipinski definition) is 4. The monoisotopic (exact) mass is 654 g/mol. The molecule has 0 aromatic carbocycles. The van der Waals surface area contributed by atoms with Crippen molar-refractivity contribution < 1.29 is 37.3 Å². The molecular weight excluding hydrogens is 625 g/mol. The second-order valence-corrected chi connectivity index (χ2v) is 14.8. The highest BCUT2D eigenvalue weighted by molar-refractivity contribution is 8.09. The number of imidazole rings is 2. The van der Waals surface area contributed by atoms with Gasteiger partial charge in [0.2, 0.25) is 7.57 Å². The van der Waals surface area contributed by atoms with Crippen molar-refractivity contribution in [2.24, 2.45) is 16.6 Å². The molecule has 0 aliphatic carbocycles. The lowest BCUT2D eigenvalue weighted by atomic mass is 10.1. The number of carbonyl (C=O) groups excluding carboxylic acids is 1. The maximum absolute atomic E-state index is 13.4. The van der Waals surface area contributed by atoms with Crippen LogP contribution in [0.15, 0.2) is 24.0 Å². The zero-order chi connectivity index (χ0) is 30.9. The van der Waals surface area contributed by atoms with Gasteiger partial charge in [0, 0.05) is 26.2 Å². The molecular formula is C21H29BN10O8P2S. The molecule has 3 aromatic rings. The molecule has 230 valence electrons. The number of nitrogen functional groups attached to an aromatic ring is 1. The Balaban J connectivity index is 1.47. The van der Waals surface area contributed by atoms with Gasteiger partial charge in [-0.15, -0.1) is 0 Å². The quantitative estimate of drug-likeness (QED) is 0.0923. The number of ether oxygens (including phenoxy) is 2. The number of guanidine groups is 1. The number of aromatic nitrogens is 6. The van der Waals surface area contributed by atoms with Gasteiger partial charge in [-0.2, -0.15) is 0 Å². The standard InChI is InChI=1S/C21H29BN10O8P2S/c1-25-21(24)30-17-13(5-33)28-10-32(17)19-11-3-12(38-19)6-37-42(22,35)39-14(20(36-2)40-41(34,43)7-11)4-31-9-29-15-16(23)26-8-27-18(15)31/h5,8-12,14,19-20H,3-4,6-7H2,1-2H3,(H,34,43)(H2,23,26,27)(H3,24,25,30)/t11-,12-,14-,19+,20+,41?,42?/m0/s1. The predicted octanol–water partition coefficient (Wildman–Crippen LogP) is 0.361. The average Bonchev–Trinajstić information content (AvgIpc) is 3.67. The maximum atomic E-state index is 13.4. The van der Waals surface area contributed by atoms with Gasteiger partial charge in [-0.25, -0.2) is 19.9 Å². The van der Waals surface area contributed by atoms with Crippen LogP contribution in [0, 0.1) is 5.92 Å². The molecule has 0 spiro atoms. The van der Waals surface area contributed by atoms with Gasteiger partial charge < -0.3 is 44.8 Å². The lowest BCUT2D eigenvalue weighted by molar-refractivity contribution is -0.124. The largest absolute Gasteiger partial charge is 0.382 e. The molecule has 5 rings (SSSR count). The Kier molecular flexibility index (Phi) is 9.32. The van der Waals surface area contributed by atoms with Crippen LogP contribution in [-0.2, 0) is 46.0 Å². The van der Waals surface area contributed by atoms with Crippen molar-refractivity contribution in [2.45, 2.75) is 37.7 Å². The van der Waals surface area contributed by atoms with Crippen LogP contribution in [0.3, 0.4) is 0 Å². The molecule has 2 saturated heterocycles. The number of rotatable bonds is 6. The second kappa shape index (κ2) is 12.7. The molecule has 0 amide bonds. The SMILES string of the molecule is [B]P1(=O)OC[C@@H]2C[C@@H](CP(O)(=S)O[C@@H](OC)[C@H](Cn3cnc4c(N)ncnc43)O1)[C@H](n1cnc(C=O)c1NC(N)=NC)O2. The summed E-state index contributed by atoms with van der Waals surface area (Å²) in [4.78, 5) is 43.4. The first-order chi connectivity index (χ1) is 20.4. The third-order valence-electron chi connectivity index (χ3n) is 6.79. The minimum absolute atomic E-state index is 0.0239. The van der Waals surface area contributed by atoms with Gasteiger partial charge in [-0.3, -0.25) is 23.4 Å². The summed E-state index contributed by atoms with van der Waals surface area (Å²) in [6.07, 6.45) is 0.825. The van der Waals surface area contributed by atoms with E-state index in [9.17, 15) is 14.3 Å². The lowest BCUT2D eigenvalue weighted by Gasteiger charge is -2.33. The number of nitrogens with one attached hydrogen (secondary N) is 1. The van der Waals surface area contributed by atoms with Crippen LogP contribution < -0.4 is 16.8 Å². The van der Waals surface area contributed by atoms with Gasteiger partial charge in [0.25, 0.3) is 7.47 Å². The Hall–Kier alpha value is -2.80. The molecule has 2 aliphatic rings. The molecule has 2 fully saturated rings. The number of methoxy groups -OCH3 is 1. The normalized spacial score (nSPS) is 32.3. The molecule has 7 atom stereocenters. The minimum Gasteiger partial charge on any atom is -0.382 e. The van der Waals surface area contributed by atoms with Crippen LogP contribution in [0.1, 0.15) is 23.1 Å². The highest BCUT2D eigenvalue weighted by Gasteiger charge is 2.44. The van der Waals surface area contributed by atoms with E-state index in [1.54, 1.807) is 4.57 Å². The maximum Gasteiger partial charge on any atom is 0.264 e. The molecule has 2 aliphatic heterocycles. The molecule has 3 aromatic heterocycles. The number of carbonyl (C=O) groups is 1. The molecule has 18 nitrogen and oxygen atoms in total. The fraction of sp³-hybridized carbons (Fsp3) is 0.524. The molecule has 6 N–H and O–H groups in total. The molecule has 5 heterocycles. The number of aliphatic imine (C=N–C) groups is 1. The van der Waals surface area contributed by atoms with E-state index < -0.39 is 44.6 Å². The first kappa shape index (κ1) is 31.6. The van der Waals surface area contributed by atoms with E-state index in [1.165, 1.54) is 37.7 Å². The van der Waals surface area contributed by atoms with Gasteiger partial charge in [0.1, 0.15) is 35.7 Å². The topological polar surface area (TPSA) is 238 Å². The first-order valence-corrected chi connectivity index (χ1v) is 17.2. The minimum atomic E-state index is -4.28. The zero-order valence-corrected chi connectivity index (χ0v) is 25.6. The number of hydrogen-bond acceptors (Lipinski definition) is 14. The Morgan fingerprint density at radius 3 is 2.86 bits per heavy atom. The van der Waals surface area contributed by atoms with Gasteiger partial charge in [0.15, 0.2) is 36.5 Å². The van der Waals surface area contributed by atoms with Gasteiger partial charge >= 0.3 is 0 Å². The molecule has 0 saturated carbocycles. The van der Waals surface area contributed by atoms with Crippen LogP contribution in [-0.4, -0.2) is 99.2 Å². The Morgan fingerprint density at radius 1 is 1.35 bits per heavy atom. The fourth-order valence-electron chi connectivity index (χ4n) is 4.91. The molecule has 2 unspecified atom stereocenters. The van der Waals surface area contributed by atoms with Crippen molar-refractivity contribution in [3.8, 4) is 0 Å². The van der Waals surface area contributed by atoms with E-state index in [-0.39, 0.29) is 42.6 Å². The second-order valence-electron chi connectivity index (χ2n) is 9.72. The molecule has 2 bridgehead atoms. The Labute approximate surface area is 251 Å². The highest BCUT2D eigenvalue weighted by atomic mass is 32.5. The van der Waals surface area contributed by atoms with Crippen molar-refractivity contribution in [1.29, 1.82) is 0 Å². The van der Waals surface area contributed by atoms with Gasteiger partial charge in [-0.1, -0.05) is 0 Å². The van der Waals surface area contributed by atoms with Gasteiger partial charge in [-0.05, 0) is 18.2 Å². The summed E-state index contributed by atoms with van der Waals surface area (Å²) in [5, 5.41) is 2.83. The van der Waals surface area contributed by atoms with Crippen molar-refractivity contribution in [3.63, 3.8) is 0 Å². The third kappa shape index (κ3) is 6.98. The number of fused-ring (bicyclic) bond motifs is 3. The number of aldehydes is 1. The molecule has 22 heteroatoms. The van der Waals surface area contributed by atoms with Crippen molar-refractivity contribution in [2.75, 3.05) is 38.0 Å². The van der Waals surface area contributed by atoms with Crippen LogP contribution in [0.5, 0.6) is 0 Å². The smallest absolute Gasteiger partial charge is 0.264 e. The molecule has 2 radical (unpaired) electrons. The average molecular weight is 654 g/mol. The summed E-state index contributed by atoms with van der Waals surface area (Å²) < 4.78 is 45.4. The number of nitrogens with zero attached hydrogens (tertiary/aromatic N) is 7. The molecule has 43 heavy (non-hydrogen) atoms. The van der Waals surface area contributed by atoms with E-state index in [4.69, 9.17) is 53.9 Å². The van der Waals surface area contributed by atoms with Crippen molar-refractivity contribution in [1.82, 2.24) is 29.1 Å². The Bertz CT molecular complexity index is 1620. The van der Waals surface area contributed by atoms with E-state index in [0.29, 0.717) is 23.9 Å². The Morgan fingerprint density at radius 2 is 2.14 bits per heavy atom. The zero-order valence-electron chi connectivity index (χ0n) is 23.0. The van der Waals surface area contributed by atoms with E-state index >= 15 is 0 Å².